The van der Waals surface area contributed by atoms with Gasteiger partial charge < -0.3 is 24.5 Å². The molecule has 0 bridgehead atoms. The van der Waals surface area contributed by atoms with Gasteiger partial charge >= 0.3 is 0 Å². The number of likely N-dealkylation sites (tertiary alicyclic amines) is 1. The lowest BCUT2D eigenvalue weighted by atomic mass is 9.87. The summed E-state index contributed by atoms with van der Waals surface area (Å²) in [5, 5.41) is 0.584. The molecular weight excluding hydrogens is 538 g/mol. The van der Waals surface area contributed by atoms with E-state index >= 15 is 0 Å². The van der Waals surface area contributed by atoms with Gasteiger partial charge in [-0.3, -0.25) is 9.88 Å². The molecule has 2 aromatic carbocycles. The van der Waals surface area contributed by atoms with Gasteiger partial charge in [-0.15, -0.1) is 0 Å². The molecule has 3 aliphatic heterocycles. The highest BCUT2D eigenvalue weighted by molar-refractivity contribution is 6.30. The summed E-state index contributed by atoms with van der Waals surface area (Å²) >= 11 is 6.06. The van der Waals surface area contributed by atoms with Crippen molar-refractivity contribution < 1.29 is 14.2 Å². The highest BCUT2D eigenvalue weighted by Gasteiger charge is 2.43. The number of hydrogen-bond donors (Lipinski definition) is 1. The molecule has 5 heterocycles. The van der Waals surface area contributed by atoms with E-state index in [4.69, 9.17) is 36.5 Å². The predicted octanol–water partition coefficient (Wildman–Crippen LogP) is 6.29. The average molecular weight is 574 g/mol. The van der Waals surface area contributed by atoms with E-state index in [0.29, 0.717) is 23.2 Å². The highest BCUT2D eigenvalue weighted by atomic mass is 35.5. The van der Waals surface area contributed by atoms with Gasteiger partial charge in [0.05, 0.1) is 41.9 Å². The normalized spacial score (nSPS) is 24.3. The van der Waals surface area contributed by atoms with E-state index in [1.165, 1.54) is 5.56 Å². The van der Waals surface area contributed by atoms with Crippen LogP contribution in [0.2, 0.25) is 5.02 Å². The van der Waals surface area contributed by atoms with Crippen LogP contribution in [0.5, 0.6) is 11.5 Å². The van der Waals surface area contributed by atoms with Crippen molar-refractivity contribution in [2.45, 2.75) is 57.9 Å². The van der Waals surface area contributed by atoms with Crippen molar-refractivity contribution in [1.29, 1.82) is 0 Å². The number of rotatable bonds is 5. The number of nitrogens with zero attached hydrogens (tertiary/aromatic N) is 4. The monoisotopic (exact) mass is 573 g/mol. The van der Waals surface area contributed by atoms with E-state index in [1.807, 2.05) is 37.3 Å². The summed E-state index contributed by atoms with van der Waals surface area (Å²) < 4.78 is 21.1. The standard InChI is InChI=1S/C32H36ClN5O3/c1-31(2)19-39-18-28(31)38-25-15-22(34)8-9-24(25)36-29(38)17-37-13-11-20(12-14-37)23-5-4-6-26-30(23)41-32(3,40-26)27-10-7-21(33)16-35-27/h4-10,15-16,20,28H,11-14,17-19,34H2,1-3H3/t28-,32+/m1/s1. The average Bonchev–Trinajstić information content (AvgIpc) is 3.60. The molecule has 2 fully saturated rings. The third kappa shape index (κ3) is 4.72. The second kappa shape index (κ2) is 9.89. The first-order chi connectivity index (χ1) is 19.7. The number of anilines is 1. The van der Waals surface area contributed by atoms with Crippen molar-refractivity contribution in [2.75, 3.05) is 32.0 Å². The number of halogens is 1. The van der Waals surface area contributed by atoms with Gasteiger partial charge in [0.2, 0.25) is 0 Å². The van der Waals surface area contributed by atoms with Gasteiger partial charge in [0.25, 0.3) is 5.79 Å². The topological polar surface area (TPSA) is 87.7 Å². The van der Waals surface area contributed by atoms with E-state index in [2.05, 4.69) is 46.5 Å². The molecule has 9 heteroatoms. The summed E-state index contributed by atoms with van der Waals surface area (Å²) in [5.74, 6) is 2.07. The number of fused-ring (bicyclic) bond motifs is 2. The van der Waals surface area contributed by atoms with Gasteiger partial charge in [-0.25, -0.2) is 4.98 Å². The van der Waals surface area contributed by atoms with Crippen LogP contribution in [0.3, 0.4) is 0 Å². The summed E-state index contributed by atoms with van der Waals surface area (Å²) in [6.07, 6.45) is 3.68. The zero-order valence-electron chi connectivity index (χ0n) is 23.8. The molecular formula is C32H36ClN5O3. The van der Waals surface area contributed by atoms with Crippen LogP contribution < -0.4 is 15.2 Å². The number of pyridine rings is 1. The molecule has 0 aliphatic carbocycles. The number of para-hydroxylation sites is 1. The number of aromatic nitrogens is 3. The molecule has 2 atom stereocenters. The van der Waals surface area contributed by atoms with Gasteiger partial charge in [-0.1, -0.05) is 37.6 Å². The van der Waals surface area contributed by atoms with Gasteiger partial charge in [-0.2, -0.15) is 0 Å². The quantitative estimate of drug-likeness (QED) is 0.281. The molecule has 3 aliphatic rings. The van der Waals surface area contributed by atoms with Gasteiger partial charge in [0.15, 0.2) is 11.5 Å². The molecule has 0 spiro atoms. The number of nitrogen functional groups attached to an aromatic ring is 1. The lowest BCUT2D eigenvalue weighted by Crippen LogP contribution is -2.35. The number of nitrogens with two attached hydrogens (primary N) is 1. The molecule has 0 saturated carbocycles. The van der Waals surface area contributed by atoms with Crippen LogP contribution in [-0.2, 0) is 17.1 Å². The van der Waals surface area contributed by atoms with Crippen molar-refractivity contribution in [2.24, 2.45) is 5.41 Å². The summed E-state index contributed by atoms with van der Waals surface area (Å²) in [4.78, 5) is 12.1. The zero-order chi connectivity index (χ0) is 28.4. The second-order valence-electron chi connectivity index (χ2n) is 12.4. The Balaban J connectivity index is 1.10. The van der Waals surface area contributed by atoms with Gasteiger partial charge in [-0.05, 0) is 68.2 Å². The summed E-state index contributed by atoms with van der Waals surface area (Å²) in [5.41, 5.74) is 11.0. The minimum absolute atomic E-state index is 0.0196. The number of piperidine rings is 1. The van der Waals surface area contributed by atoms with Crippen LogP contribution >= 0.6 is 11.6 Å². The Morgan fingerprint density at radius 3 is 2.61 bits per heavy atom. The Bertz CT molecular complexity index is 1600. The van der Waals surface area contributed by atoms with E-state index in [-0.39, 0.29) is 11.5 Å². The van der Waals surface area contributed by atoms with E-state index < -0.39 is 5.79 Å². The molecule has 4 aromatic rings. The second-order valence-corrected chi connectivity index (χ2v) is 12.8. The van der Waals surface area contributed by atoms with Gasteiger partial charge in [0.1, 0.15) is 11.5 Å². The number of imidazole rings is 1. The fourth-order valence-electron chi connectivity index (χ4n) is 6.62. The zero-order valence-corrected chi connectivity index (χ0v) is 24.5. The Morgan fingerprint density at radius 1 is 1.05 bits per heavy atom. The molecule has 0 radical (unpaired) electrons. The van der Waals surface area contributed by atoms with Crippen LogP contribution in [0.4, 0.5) is 5.69 Å². The maximum Gasteiger partial charge on any atom is 0.292 e. The number of ether oxygens (including phenoxy) is 3. The Morgan fingerprint density at radius 2 is 1.88 bits per heavy atom. The third-order valence-corrected chi connectivity index (χ3v) is 9.17. The van der Waals surface area contributed by atoms with Crippen LogP contribution in [0.25, 0.3) is 11.0 Å². The Hall–Kier alpha value is -3.33. The lowest BCUT2D eigenvalue weighted by Gasteiger charge is -2.33. The molecule has 2 N–H and O–H groups in total. The maximum atomic E-state index is 6.49. The summed E-state index contributed by atoms with van der Waals surface area (Å²) in [6.45, 7) is 10.6. The SMILES string of the molecule is CC1(C)COC[C@H]1n1c(CN2CCC(c3cccc4c3O[C@@](C)(c3ccc(Cl)cn3)O4)CC2)nc2ccc(N)cc21. The fourth-order valence-corrected chi connectivity index (χ4v) is 6.73. The van der Waals surface area contributed by atoms with Crippen LogP contribution in [-0.4, -0.2) is 45.7 Å². The summed E-state index contributed by atoms with van der Waals surface area (Å²) in [6, 6.07) is 16.1. The van der Waals surface area contributed by atoms with Crippen LogP contribution in [0.1, 0.15) is 62.7 Å². The van der Waals surface area contributed by atoms with Crippen molar-refractivity contribution in [1.82, 2.24) is 19.4 Å². The van der Waals surface area contributed by atoms with E-state index in [0.717, 1.165) is 73.1 Å². The highest BCUT2D eigenvalue weighted by Crippen LogP contribution is 2.49. The minimum Gasteiger partial charge on any atom is -0.443 e. The first-order valence-electron chi connectivity index (χ1n) is 14.4. The molecule has 2 saturated heterocycles. The Labute approximate surface area is 245 Å². The van der Waals surface area contributed by atoms with Gasteiger partial charge in [0, 0.05) is 29.8 Å². The molecule has 41 heavy (non-hydrogen) atoms. The molecule has 0 unspecified atom stereocenters. The van der Waals surface area contributed by atoms with Crippen molar-refractivity contribution in [3.63, 3.8) is 0 Å². The maximum absolute atomic E-state index is 6.49. The molecule has 0 amide bonds. The minimum atomic E-state index is -0.982. The molecule has 214 valence electrons. The third-order valence-electron chi connectivity index (χ3n) is 8.95. The fraction of sp³-hybridized carbons (Fsp3) is 0.438. The first-order valence-corrected chi connectivity index (χ1v) is 14.8. The molecule has 7 rings (SSSR count). The smallest absolute Gasteiger partial charge is 0.292 e. The largest absolute Gasteiger partial charge is 0.443 e. The van der Waals surface area contributed by atoms with E-state index in [9.17, 15) is 0 Å². The van der Waals surface area contributed by atoms with Crippen LogP contribution in [0.15, 0.2) is 54.7 Å². The Kier molecular flexibility index (Phi) is 6.41. The van der Waals surface area contributed by atoms with Crippen molar-refractivity contribution in [3.05, 3.63) is 76.8 Å². The van der Waals surface area contributed by atoms with E-state index in [1.54, 1.807) is 6.20 Å². The summed E-state index contributed by atoms with van der Waals surface area (Å²) in [7, 11) is 0. The predicted molar refractivity (Wildman–Crippen MR) is 159 cm³/mol. The van der Waals surface area contributed by atoms with Crippen molar-refractivity contribution in [3.8, 4) is 11.5 Å². The molecule has 8 nitrogen and oxygen atoms in total. The molecule has 2 aromatic heterocycles. The number of hydrogen-bond acceptors (Lipinski definition) is 7. The number of benzene rings is 2. The van der Waals surface area contributed by atoms with Crippen molar-refractivity contribution >= 4 is 28.3 Å². The lowest BCUT2D eigenvalue weighted by molar-refractivity contribution is -0.0722. The van der Waals surface area contributed by atoms with Crippen LogP contribution in [0, 0.1) is 5.41 Å². The first kappa shape index (κ1) is 26.6.